The summed E-state index contributed by atoms with van der Waals surface area (Å²) in [6, 6.07) is 1.46. The minimum Gasteiger partial charge on any atom is -0.342 e. The molecule has 1 atom stereocenters. The zero-order valence-corrected chi connectivity index (χ0v) is 15.7. The number of aromatic nitrogens is 7. The fourth-order valence-corrected chi connectivity index (χ4v) is 3.33. The molecule has 0 saturated carbocycles. The van der Waals surface area contributed by atoms with Crippen molar-refractivity contribution in [3.8, 4) is 0 Å². The number of amides is 1. The predicted molar refractivity (Wildman–Crippen MR) is 97.9 cm³/mol. The van der Waals surface area contributed by atoms with Crippen LogP contribution in [-0.4, -0.2) is 53.7 Å². The fourth-order valence-electron chi connectivity index (χ4n) is 3.33. The largest absolute Gasteiger partial charge is 0.342 e. The number of fused-ring (bicyclic) bond motifs is 2. The van der Waals surface area contributed by atoms with Gasteiger partial charge >= 0.3 is 0 Å². The average molecular weight is 369 g/mol. The summed E-state index contributed by atoms with van der Waals surface area (Å²) in [5.41, 5.74) is 1.68. The van der Waals surface area contributed by atoms with Gasteiger partial charge in [-0.05, 0) is 12.0 Å². The lowest BCUT2D eigenvalue weighted by atomic mass is 10.0. The van der Waals surface area contributed by atoms with Crippen LogP contribution in [0.2, 0.25) is 0 Å². The van der Waals surface area contributed by atoms with E-state index in [0.717, 1.165) is 37.7 Å². The molecule has 0 spiro atoms. The van der Waals surface area contributed by atoms with Crippen molar-refractivity contribution in [2.24, 2.45) is 13.0 Å². The Morgan fingerprint density at radius 2 is 2.11 bits per heavy atom. The van der Waals surface area contributed by atoms with E-state index in [1.54, 1.807) is 24.0 Å². The van der Waals surface area contributed by atoms with E-state index >= 15 is 0 Å². The van der Waals surface area contributed by atoms with E-state index in [2.05, 4.69) is 54.5 Å². The maximum Gasteiger partial charge on any atom is 0.253 e. The van der Waals surface area contributed by atoms with Crippen LogP contribution >= 0.6 is 0 Å². The van der Waals surface area contributed by atoms with E-state index in [9.17, 15) is 4.79 Å². The van der Waals surface area contributed by atoms with Crippen LogP contribution in [0.1, 0.15) is 41.9 Å². The van der Waals surface area contributed by atoms with Gasteiger partial charge in [0.15, 0.2) is 11.5 Å². The van der Waals surface area contributed by atoms with Gasteiger partial charge in [0.1, 0.15) is 11.3 Å². The molecular formula is C17H23N9O. The van der Waals surface area contributed by atoms with E-state index < -0.39 is 0 Å². The molecule has 1 aliphatic rings. The van der Waals surface area contributed by atoms with Crippen LogP contribution in [0.25, 0.3) is 11.2 Å². The third-order valence-electron chi connectivity index (χ3n) is 4.83. The van der Waals surface area contributed by atoms with Crippen LogP contribution in [0, 0.1) is 5.92 Å². The molecule has 3 aromatic rings. The van der Waals surface area contributed by atoms with Gasteiger partial charge in [-0.1, -0.05) is 19.1 Å². The number of carbonyl (C=O) groups excluding carboxylic acids is 1. The Kier molecular flexibility index (Phi) is 4.56. The standard InChI is InChI=1S/C17H23N9O/c1-10(2)14(16-23-22-13-4-5-18-6-7-26(13)16)20-17(27)11-8-12-15(19-9-11)25(3)24-21-12/h8-10,14,18H,4-7H2,1-3H3,(H,20,27)/t14-/m1/s1. The molecule has 10 nitrogen and oxygen atoms in total. The molecule has 10 heteroatoms. The van der Waals surface area contributed by atoms with Crippen LogP contribution in [0.5, 0.6) is 0 Å². The summed E-state index contributed by atoms with van der Waals surface area (Å²) < 4.78 is 3.70. The van der Waals surface area contributed by atoms with E-state index in [0.29, 0.717) is 16.7 Å². The zero-order chi connectivity index (χ0) is 19.0. The first-order valence-electron chi connectivity index (χ1n) is 9.13. The van der Waals surface area contributed by atoms with E-state index in [1.165, 1.54) is 0 Å². The van der Waals surface area contributed by atoms with Crippen molar-refractivity contribution in [2.45, 2.75) is 32.9 Å². The zero-order valence-electron chi connectivity index (χ0n) is 15.7. The first kappa shape index (κ1) is 17.5. The quantitative estimate of drug-likeness (QED) is 0.676. The second-order valence-corrected chi connectivity index (χ2v) is 7.10. The Labute approximate surface area is 156 Å². The molecule has 2 N–H and O–H groups in total. The molecule has 1 amide bonds. The lowest BCUT2D eigenvalue weighted by molar-refractivity contribution is 0.0921. The monoisotopic (exact) mass is 369 g/mol. The molecule has 142 valence electrons. The third kappa shape index (κ3) is 3.27. The van der Waals surface area contributed by atoms with Crippen molar-refractivity contribution in [3.05, 3.63) is 29.5 Å². The second kappa shape index (κ2) is 7.03. The van der Waals surface area contributed by atoms with Crippen LogP contribution in [-0.2, 0) is 20.0 Å². The minimum absolute atomic E-state index is 0.159. The van der Waals surface area contributed by atoms with Crippen molar-refractivity contribution < 1.29 is 4.79 Å². The average Bonchev–Trinajstić information content (AvgIpc) is 3.14. The maximum atomic E-state index is 12.9. The predicted octanol–water partition coefficient (Wildman–Crippen LogP) is 0.228. The second-order valence-electron chi connectivity index (χ2n) is 7.10. The van der Waals surface area contributed by atoms with Crippen LogP contribution in [0.4, 0.5) is 0 Å². The normalized spacial score (nSPS) is 15.6. The molecule has 1 aliphatic heterocycles. The third-order valence-corrected chi connectivity index (χ3v) is 4.83. The van der Waals surface area contributed by atoms with Crippen molar-refractivity contribution in [1.82, 2.24) is 45.4 Å². The minimum atomic E-state index is -0.241. The Morgan fingerprint density at radius 3 is 2.93 bits per heavy atom. The van der Waals surface area contributed by atoms with Gasteiger partial charge in [-0.25, -0.2) is 9.67 Å². The van der Waals surface area contributed by atoms with Crippen LogP contribution in [0.3, 0.4) is 0 Å². The number of nitrogens with one attached hydrogen (secondary N) is 2. The fraction of sp³-hybridized carbons (Fsp3) is 0.529. The van der Waals surface area contributed by atoms with Crippen LogP contribution < -0.4 is 10.6 Å². The molecule has 27 heavy (non-hydrogen) atoms. The summed E-state index contributed by atoms with van der Waals surface area (Å²) in [6.07, 6.45) is 2.38. The highest BCUT2D eigenvalue weighted by Crippen LogP contribution is 2.22. The molecule has 3 aromatic heterocycles. The molecule has 0 fully saturated rings. The number of nitrogens with zero attached hydrogens (tertiary/aromatic N) is 7. The van der Waals surface area contributed by atoms with E-state index in [4.69, 9.17) is 0 Å². The topological polar surface area (TPSA) is 115 Å². The number of aryl methyl sites for hydroxylation is 1. The summed E-state index contributed by atoms with van der Waals surface area (Å²) in [7, 11) is 1.77. The van der Waals surface area contributed by atoms with Gasteiger partial charge in [0.25, 0.3) is 5.91 Å². The SMILES string of the molecule is CC(C)[C@@H](NC(=O)c1cnc2c(c1)nnn2C)c1nnc2n1CCNCC2. The van der Waals surface area contributed by atoms with Crippen molar-refractivity contribution in [2.75, 3.05) is 13.1 Å². The van der Waals surface area contributed by atoms with E-state index in [1.807, 2.05) is 0 Å². The summed E-state index contributed by atoms with van der Waals surface area (Å²) in [5, 5.41) is 23.1. The molecule has 0 aromatic carbocycles. The van der Waals surface area contributed by atoms with Crippen molar-refractivity contribution in [1.29, 1.82) is 0 Å². The molecule has 0 bridgehead atoms. The Hall–Kier alpha value is -2.88. The highest BCUT2D eigenvalue weighted by molar-refractivity contribution is 5.96. The summed E-state index contributed by atoms with van der Waals surface area (Å²) in [4.78, 5) is 17.2. The highest BCUT2D eigenvalue weighted by atomic mass is 16.1. The summed E-state index contributed by atoms with van der Waals surface area (Å²) in [5.74, 6) is 1.70. The first-order valence-corrected chi connectivity index (χ1v) is 9.13. The molecule has 4 heterocycles. The van der Waals surface area contributed by atoms with Gasteiger partial charge in [0.2, 0.25) is 0 Å². The van der Waals surface area contributed by atoms with Crippen molar-refractivity contribution in [3.63, 3.8) is 0 Å². The summed E-state index contributed by atoms with van der Waals surface area (Å²) >= 11 is 0. The Bertz CT molecular complexity index is 974. The first-order chi connectivity index (χ1) is 13.0. The van der Waals surface area contributed by atoms with Gasteiger partial charge in [-0.3, -0.25) is 4.79 Å². The number of hydrogen-bond acceptors (Lipinski definition) is 7. The number of pyridine rings is 1. The van der Waals surface area contributed by atoms with Gasteiger partial charge in [0, 0.05) is 39.3 Å². The molecule has 0 radical (unpaired) electrons. The molecule has 4 rings (SSSR count). The summed E-state index contributed by atoms with van der Waals surface area (Å²) in [6.45, 7) is 6.67. The smallest absolute Gasteiger partial charge is 0.253 e. The Morgan fingerprint density at radius 1 is 1.26 bits per heavy atom. The number of carbonyl (C=O) groups is 1. The van der Waals surface area contributed by atoms with Crippen molar-refractivity contribution >= 4 is 17.1 Å². The van der Waals surface area contributed by atoms with Gasteiger partial charge < -0.3 is 15.2 Å². The van der Waals surface area contributed by atoms with Crippen LogP contribution in [0.15, 0.2) is 12.3 Å². The highest BCUT2D eigenvalue weighted by Gasteiger charge is 2.27. The molecular weight excluding hydrogens is 346 g/mol. The van der Waals surface area contributed by atoms with Gasteiger partial charge in [-0.2, -0.15) is 0 Å². The van der Waals surface area contributed by atoms with E-state index in [-0.39, 0.29) is 17.9 Å². The van der Waals surface area contributed by atoms with Gasteiger partial charge in [0.05, 0.1) is 11.6 Å². The number of rotatable bonds is 4. The lowest BCUT2D eigenvalue weighted by Crippen LogP contribution is -2.34. The Balaban J connectivity index is 1.61. The molecule has 0 saturated heterocycles. The molecule has 0 aliphatic carbocycles. The molecule has 0 unspecified atom stereocenters. The number of hydrogen-bond donors (Lipinski definition) is 2. The van der Waals surface area contributed by atoms with Gasteiger partial charge in [-0.15, -0.1) is 15.3 Å². The lowest BCUT2D eigenvalue weighted by Gasteiger charge is -2.22. The maximum absolute atomic E-state index is 12.9.